The Morgan fingerprint density at radius 3 is 0.855 bits per heavy atom. The zero-order chi connectivity index (χ0) is 43.2. The van der Waals surface area contributed by atoms with Crippen molar-refractivity contribution in [2.24, 2.45) is 0 Å². The number of benzene rings is 6. The van der Waals surface area contributed by atoms with E-state index in [1.807, 2.05) is 84.9 Å². The van der Waals surface area contributed by atoms with Crippen LogP contribution in [0.5, 0.6) is 23.0 Å². The average molecular weight is 831 g/mol. The van der Waals surface area contributed by atoms with Gasteiger partial charge in [-0.05, 0) is 108 Å². The monoisotopic (exact) mass is 830 g/mol. The minimum absolute atomic E-state index is 0.274. The van der Waals surface area contributed by atoms with Crippen LogP contribution in [-0.4, -0.2) is 23.9 Å². The summed E-state index contributed by atoms with van der Waals surface area (Å²) in [5, 5.41) is 0. The smallest absolute Gasteiger partial charge is 0.343 e. The first-order chi connectivity index (χ1) is 30.4. The van der Waals surface area contributed by atoms with Crippen molar-refractivity contribution in [3.63, 3.8) is 0 Å². The van der Waals surface area contributed by atoms with E-state index in [0.717, 1.165) is 73.6 Å². The van der Waals surface area contributed by atoms with E-state index in [0.29, 0.717) is 47.0 Å². The molecule has 0 saturated carbocycles. The summed E-state index contributed by atoms with van der Waals surface area (Å²) < 4.78 is 22.0. The van der Waals surface area contributed by atoms with Crippen molar-refractivity contribution in [2.75, 3.05) is 0 Å². The predicted octanol–water partition coefficient (Wildman–Crippen LogP) is 13.4. The molecule has 0 aliphatic carbocycles. The van der Waals surface area contributed by atoms with Crippen molar-refractivity contribution in [3.05, 3.63) is 169 Å². The minimum atomic E-state index is -0.478. The molecule has 6 rings (SSSR count). The summed E-state index contributed by atoms with van der Waals surface area (Å²) in [7, 11) is 0. The molecule has 0 N–H and O–H groups in total. The second kappa shape index (κ2) is 24.5. The fraction of sp³-hybridized carbons (Fsp3) is 0.259. The molecule has 62 heavy (non-hydrogen) atoms. The first kappa shape index (κ1) is 44.7. The molecule has 0 aromatic heterocycles. The van der Waals surface area contributed by atoms with E-state index in [-0.39, 0.29) is 11.9 Å². The highest BCUT2D eigenvalue weighted by Gasteiger charge is 2.13. The number of rotatable bonds is 23. The van der Waals surface area contributed by atoms with Crippen LogP contribution in [0.15, 0.2) is 158 Å². The lowest BCUT2D eigenvalue weighted by atomic mass is 10.0. The zero-order valence-electron chi connectivity index (χ0n) is 35.2. The van der Waals surface area contributed by atoms with Crippen LogP contribution >= 0.6 is 0 Å². The van der Waals surface area contributed by atoms with Gasteiger partial charge in [-0.1, -0.05) is 149 Å². The first-order valence-electron chi connectivity index (χ1n) is 21.8. The van der Waals surface area contributed by atoms with E-state index in [4.69, 9.17) is 18.9 Å². The average Bonchev–Trinajstić information content (AvgIpc) is 3.30. The number of unbranched alkanes of at least 4 members (excludes halogenated alkanes) is 11. The molecule has 318 valence electrons. The lowest BCUT2D eigenvalue weighted by molar-refractivity contribution is -0.135. The second-order valence-electron chi connectivity index (χ2n) is 15.3. The van der Waals surface area contributed by atoms with Gasteiger partial charge in [0.25, 0.3) is 0 Å². The molecule has 8 nitrogen and oxygen atoms in total. The number of ether oxygens (including phenoxy) is 4. The second-order valence-corrected chi connectivity index (χ2v) is 15.3. The molecule has 0 saturated heterocycles. The normalized spacial score (nSPS) is 10.8. The molecule has 8 heteroatoms. The van der Waals surface area contributed by atoms with Crippen molar-refractivity contribution >= 4 is 23.9 Å². The number of esters is 4. The summed E-state index contributed by atoms with van der Waals surface area (Å²) in [6.45, 7) is 0. The van der Waals surface area contributed by atoms with Gasteiger partial charge in [0.1, 0.15) is 23.0 Å². The van der Waals surface area contributed by atoms with Gasteiger partial charge in [-0.15, -0.1) is 0 Å². The standard InChI is InChI=1S/C54H54O8/c55-51(59-47-37-29-45(30-38-47)53(57)61-49-33-25-43(26-34-49)41-19-13-11-14-20-41)23-17-9-7-5-3-1-2-4-6-8-10-18-24-52(56)60-48-39-31-46(32-40-48)54(58)62-50-35-27-44(28-36-50)42-21-15-12-16-22-42/h11-16,19-22,25-40H,1-10,17-18,23-24H2. The molecule has 0 aliphatic rings. The highest BCUT2D eigenvalue weighted by molar-refractivity contribution is 5.92. The summed E-state index contributed by atoms with van der Waals surface area (Å²) in [4.78, 5) is 50.0. The summed E-state index contributed by atoms with van der Waals surface area (Å²) >= 11 is 0. The number of carbonyl (C=O) groups excluding carboxylic acids is 4. The molecule has 6 aromatic rings. The Hall–Kier alpha value is -6.80. The Morgan fingerprint density at radius 2 is 0.532 bits per heavy atom. The number of hydrogen-bond acceptors (Lipinski definition) is 8. The molecule has 0 spiro atoms. The van der Waals surface area contributed by atoms with E-state index in [9.17, 15) is 19.2 Å². The van der Waals surface area contributed by atoms with Crippen LogP contribution in [-0.2, 0) is 9.59 Å². The van der Waals surface area contributed by atoms with Crippen LogP contribution in [0, 0.1) is 0 Å². The largest absolute Gasteiger partial charge is 0.427 e. The quantitative estimate of drug-likeness (QED) is 0.0357. The molecule has 0 heterocycles. The molecular formula is C54H54O8. The van der Waals surface area contributed by atoms with Crippen LogP contribution in [0.3, 0.4) is 0 Å². The van der Waals surface area contributed by atoms with Crippen LogP contribution in [0.25, 0.3) is 22.3 Å². The van der Waals surface area contributed by atoms with Gasteiger partial charge in [0.15, 0.2) is 0 Å². The maximum atomic E-state index is 12.6. The molecule has 6 aromatic carbocycles. The third-order valence-electron chi connectivity index (χ3n) is 10.5. The van der Waals surface area contributed by atoms with Crippen molar-refractivity contribution in [3.8, 4) is 45.3 Å². The molecule has 0 radical (unpaired) electrons. The summed E-state index contributed by atoms with van der Waals surface area (Å²) in [6.07, 6.45) is 13.6. The Balaban J connectivity index is 0.726. The van der Waals surface area contributed by atoms with Crippen molar-refractivity contribution in [1.82, 2.24) is 0 Å². The van der Waals surface area contributed by atoms with Crippen molar-refractivity contribution < 1.29 is 38.1 Å². The van der Waals surface area contributed by atoms with Crippen molar-refractivity contribution in [1.29, 1.82) is 0 Å². The third kappa shape index (κ3) is 15.0. The molecule has 0 unspecified atom stereocenters. The van der Waals surface area contributed by atoms with Crippen LogP contribution in [0.1, 0.15) is 111 Å². The van der Waals surface area contributed by atoms with Gasteiger partial charge >= 0.3 is 23.9 Å². The van der Waals surface area contributed by atoms with Gasteiger partial charge in [0.2, 0.25) is 0 Å². The Labute approximate surface area is 364 Å². The Bertz CT molecular complexity index is 2120. The van der Waals surface area contributed by atoms with E-state index in [1.165, 1.54) is 25.7 Å². The fourth-order valence-corrected chi connectivity index (χ4v) is 7.01. The van der Waals surface area contributed by atoms with Crippen molar-refractivity contribution in [2.45, 2.75) is 89.9 Å². The van der Waals surface area contributed by atoms with Crippen LogP contribution < -0.4 is 18.9 Å². The maximum Gasteiger partial charge on any atom is 0.343 e. The Kier molecular flexibility index (Phi) is 17.6. The summed E-state index contributed by atoms with van der Waals surface area (Å²) in [6, 6.07) is 47.6. The lowest BCUT2D eigenvalue weighted by Crippen LogP contribution is -2.10. The summed E-state index contributed by atoms with van der Waals surface area (Å²) in [5.41, 5.74) is 5.00. The van der Waals surface area contributed by atoms with E-state index in [2.05, 4.69) is 0 Å². The zero-order valence-corrected chi connectivity index (χ0v) is 35.2. The third-order valence-corrected chi connectivity index (χ3v) is 10.5. The van der Waals surface area contributed by atoms with Crippen LogP contribution in [0.2, 0.25) is 0 Å². The first-order valence-corrected chi connectivity index (χ1v) is 21.8. The molecular weight excluding hydrogens is 777 g/mol. The molecule has 0 aliphatic heterocycles. The minimum Gasteiger partial charge on any atom is -0.427 e. The van der Waals surface area contributed by atoms with E-state index >= 15 is 0 Å². The van der Waals surface area contributed by atoms with Crippen LogP contribution in [0.4, 0.5) is 0 Å². The molecule has 0 fully saturated rings. The topological polar surface area (TPSA) is 105 Å². The SMILES string of the molecule is O=C(CCCCCCCCCCCCCCC(=O)Oc1ccc(C(=O)Oc2ccc(-c3ccccc3)cc2)cc1)Oc1ccc(C(=O)Oc2ccc(-c3ccccc3)cc2)cc1. The van der Waals surface area contributed by atoms with E-state index < -0.39 is 11.9 Å². The van der Waals surface area contributed by atoms with Gasteiger partial charge in [0, 0.05) is 12.8 Å². The van der Waals surface area contributed by atoms with Gasteiger partial charge in [0.05, 0.1) is 11.1 Å². The van der Waals surface area contributed by atoms with Gasteiger partial charge in [-0.2, -0.15) is 0 Å². The predicted molar refractivity (Wildman–Crippen MR) is 242 cm³/mol. The molecule has 0 amide bonds. The lowest BCUT2D eigenvalue weighted by Gasteiger charge is -2.08. The van der Waals surface area contributed by atoms with Gasteiger partial charge in [-0.25, -0.2) is 9.59 Å². The number of carbonyl (C=O) groups is 4. The summed E-state index contributed by atoms with van der Waals surface area (Å²) in [5.74, 6) is 0.223. The Morgan fingerprint density at radius 1 is 0.274 bits per heavy atom. The molecule has 0 atom stereocenters. The number of hydrogen-bond donors (Lipinski definition) is 0. The van der Waals surface area contributed by atoms with Gasteiger partial charge < -0.3 is 18.9 Å². The fourth-order valence-electron chi connectivity index (χ4n) is 7.01. The van der Waals surface area contributed by atoms with Gasteiger partial charge in [-0.3, -0.25) is 9.59 Å². The maximum absolute atomic E-state index is 12.6. The molecule has 0 bridgehead atoms. The highest BCUT2D eigenvalue weighted by atomic mass is 16.5. The highest BCUT2D eigenvalue weighted by Crippen LogP contribution is 2.25. The van der Waals surface area contributed by atoms with E-state index in [1.54, 1.807) is 72.8 Å².